The first-order valence-corrected chi connectivity index (χ1v) is 10.8. The summed E-state index contributed by atoms with van der Waals surface area (Å²) in [6.45, 7) is 3.61. The Labute approximate surface area is 169 Å². The second kappa shape index (κ2) is 8.05. The van der Waals surface area contributed by atoms with Crippen molar-refractivity contribution in [2.75, 3.05) is 6.26 Å². The Kier molecular flexibility index (Phi) is 5.70. The second-order valence-corrected chi connectivity index (χ2v) is 8.89. The molecular weight excluding hydrogens is 388 g/mol. The molecule has 2 aromatic heterocycles. The summed E-state index contributed by atoms with van der Waals surface area (Å²) in [6.07, 6.45) is 3.98. The van der Waals surface area contributed by atoms with Crippen molar-refractivity contribution in [1.82, 2.24) is 9.97 Å². The number of hydrogen-bond donors (Lipinski definition) is 0. The van der Waals surface area contributed by atoms with Crippen molar-refractivity contribution in [3.8, 4) is 0 Å². The molecular formula is C22H20N2O4S. The number of benzene rings is 1. The van der Waals surface area contributed by atoms with Crippen LogP contribution in [-0.2, 0) is 9.84 Å². The SMILES string of the molecule is Cc1ccc(C(=O)C(C(=O)c2ccc(C)nc2)c2ccc(S(C)(=O)=O)cc2)cn1. The van der Waals surface area contributed by atoms with Gasteiger partial charge in [0.15, 0.2) is 21.4 Å². The van der Waals surface area contributed by atoms with Gasteiger partial charge in [0.2, 0.25) is 0 Å². The van der Waals surface area contributed by atoms with Gasteiger partial charge in [0.25, 0.3) is 0 Å². The molecule has 148 valence electrons. The smallest absolute Gasteiger partial charge is 0.179 e. The Hall–Kier alpha value is -3.19. The lowest BCUT2D eigenvalue weighted by atomic mass is 9.85. The average Bonchev–Trinajstić information content (AvgIpc) is 2.69. The number of aromatic nitrogens is 2. The Morgan fingerprint density at radius 1 is 0.759 bits per heavy atom. The van der Waals surface area contributed by atoms with Crippen LogP contribution in [0, 0.1) is 13.8 Å². The highest BCUT2D eigenvalue weighted by Crippen LogP contribution is 2.26. The maximum atomic E-state index is 13.2. The fourth-order valence-electron chi connectivity index (χ4n) is 2.89. The lowest BCUT2D eigenvalue weighted by Crippen LogP contribution is -2.23. The van der Waals surface area contributed by atoms with Gasteiger partial charge in [-0.05, 0) is 55.8 Å². The molecule has 0 aliphatic rings. The van der Waals surface area contributed by atoms with Crippen LogP contribution < -0.4 is 0 Å². The fraction of sp³-hybridized carbons (Fsp3) is 0.182. The second-order valence-electron chi connectivity index (χ2n) is 6.88. The molecule has 0 N–H and O–H groups in total. The van der Waals surface area contributed by atoms with Crippen LogP contribution in [0.5, 0.6) is 0 Å². The van der Waals surface area contributed by atoms with Crippen LogP contribution in [0.3, 0.4) is 0 Å². The molecule has 2 heterocycles. The number of pyridine rings is 2. The lowest BCUT2D eigenvalue weighted by molar-refractivity contribution is 0.0860. The molecule has 0 bridgehead atoms. The number of nitrogens with zero attached hydrogens (tertiary/aromatic N) is 2. The molecule has 0 aliphatic carbocycles. The molecule has 0 atom stereocenters. The normalized spacial score (nSPS) is 11.4. The van der Waals surface area contributed by atoms with Crippen molar-refractivity contribution in [2.45, 2.75) is 24.7 Å². The van der Waals surface area contributed by atoms with Crippen molar-refractivity contribution >= 4 is 21.4 Å². The minimum Gasteiger partial charge on any atom is -0.293 e. The van der Waals surface area contributed by atoms with Gasteiger partial charge < -0.3 is 0 Å². The molecule has 0 amide bonds. The number of rotatable bonds is 6. The molecule has 1 aromatic carbocycles. The van der Waals surface area contributed by atoms with E-state index in [4.69, 9.17) is 0 Å². The summed E-state index contributed by atoms with van der Waals surface area (Å²) in [5, 5.41) is 0. The Morgan fingerprint density at radius 2 is 1.21 bits per heavy atom. The summed E-state index contributed by atoms with van der Waals surface area (Å²) in [7, 11) is -3.39. The zero-order chi connectivity index (χ0) is 21.2. The van der Waals surface area contributed by atoms with Crippen molar-refractivity contribution in [2.24, 2.45) is 0 Å². The summed E-state index contributed by atoms with van der Waals surface area (Å²) < 4.78 is 23.5. The monoisotopic (exact) mass is 408 g/mol. The number of carbonyl (C=O) groups excluding carboxylic acids is 2. The van der Waals surface area contributed by atoms with Gasteiger partial charge in [0, 0.05) is 41.2 Å². The highest BCUT2D eigenvalue weighted by Gasteiger charge is 2.31. The molecule has 29 heavy (non-hydrogen) atoms. The first kappa shape index (κ1) is 20.5. The van der Waals surface area contributed by atoms with Gasteiger partial charge in [-0.3, -0.25) is 19.6 Å². The summed E-state index contributed by atoms with van der Waals surface area (Å²) in [6, 6.07) is 12.5. The van der Waals surface area contributed by atoms with Crippen LogP contribution in [0.25, 0.3) is 0 Å². The Balaban J connectivity index is 2.07. The predicted molar refractivity (Wildman–Crippen MR) is 109 cm³/mol. The van der Waals surface area contributed by atoms with Crippen molar-refractivity contribution < 1.29 is 18.0 Å². The van der Waals surface area contributed by atoms with Crippen LogP contribution in [0.4, 0.5) is 0 Å². The Morgan fingerprint density at radius 3 is 1.55 bits per heavy atom. The summed E-state index contributed by atoms with van der Waals surface area (Å²) in [5.74, 6) is -1.94. The van der Waals surface area contributed by atoms with E-state index < -0.39 is 27.3 Å². The number of aryl methyl sites for hydroxylation is 2. The molecule has 3 rings (SSSR count). The number of ketones is 2. The van der Waals surface area contributed by atoms with Gasteiger partial charge in [0.1, 0.15) is 5.92 Å². The maximum absolute atomic E-state index is 13.2. The predicted octanol–water partition coefficient (Wildman–Crippen LogP) is 3.35. The number of sulfone groups is 1. The number of carbonyl (C=O) groups is 2. The van der Waals surface area contributed by atoms with Gasteiger partial charge in [-0.25, -0.2) is 8.42 Å². The third-order valence-corrected chi connectivity index (χ3v) is 5.69. The molecule has 0 saturated heterocycles. The molecule has 0 spiro atoms. The molecule has 0 fully saturated rings. The van der Waals surface area contributed by atoms with Gasteiger partial charge >= 0.3 is 0 Å². The van der Waals surface area contributed by atoms with Crippen molar-refractivity contribution in [3.63, 3.8) is 0 Å². The molecule has 0 saturated carbocycles. The topological polar surface area (TPSA) is 94.1 Å². The van der Waals surface area contributed by atoms with Crippen LogP contribution in [0.2, 0.25) is 0 Å². The average molecular weight is 408 g/mol. The van der Waals surface area contributed by atoms with Crippen LogP contribution in [0.15, 0.2) is 65.8 Å². The van der Waals surface area contributed by atoms with E-state index >= 15 is 0 Å². The molecule has 3 aromatic rings. The largest absolute Gasteiger partial charge is 0.293 e. The minimum absolute atomic E-state index is 0.119. The third-order valence-electron chi connectivity index (χ3n) is 4.56. The van der Waals surface area contributed by atoms with Crippen LogP contribution in [0.1, 0.15) is 43.6 Å². The van der Waals surface area contributed by atoms with Gasteiger partial charge in [-0.15, -0.1) is 0 Å². The zero-order valence-electron chi connectivity index (χ0n) is 16.3. The molecule has 6 nitrogen and oxygen atoms in total. The summed E-state index contributed by atoms with van der Waals surface area (Å²) >= 11 is 0. The van der Waals surface area contributed by atoms with Gasteiger partial charge in [-0.2, -0.15) is 0 Å². The molecule has 0 unspecified atom stereocenters. The highest BCUT2D eigenvalue weighted by atomic mass is 32.2. The van der Waals surface area contributed by atoms with Gasteiger partial charge in [-0.1, -0.05) is 12.1 Å². The van der Waals surface area contributed by atoms with E-state index in [0.717, 1.165) is 17.6 Å². The van der Waals surface area contributed by atoms with Crippen LogP contribution in [-0.4, -0.2) is 36.2 Å². The minimum atomic E-state index is -3.39. The van der Waals surface area contributed by atoms with Crippen molar-refractivity contribution in [3.05, 3.63) is 89.0 Å². The molecule has 7 heteroatoms. The summed E-state index contributed by atoms with van der Waals surface area (Å²) in [5.41, 5.74) is 2.53. The fourth-order valence-corrected chi connectivity index (χ4v) is 3.52. The van der Waals surface area contributed by atoms with E-state index in [1.165, 1.54) is 36.7 Å². The third kappa shape index (κ3) is 4.63. The van der Waals surface area contributed by atoms with E-state index in [1.54, 1.807) is 38.1 Å². The highest BCUT2D eigenvalue weighted by molar-refractivity contribution is 7.90. The zero-order valence-corrected chi connectivity index (χ0v) is 17.1. The van der Waals surface area contributed by atoms with Gasteiger partial charge in [0.05, 0.1) is 4.90 Å². The lowest BCUT2D eigenvalue weighted by Gasteiger charge is -2.16. The Bertz CT molecular complexity index is 1090. The number of hydrogen-bond acceptors (Lipinski definition) is 6. The first-order chi connectivity index (χ1) is 13.7. The maximum Gasteiger partial charge on any atom is 0.179 e. The van der Waals surface area contributed by atoms with E-state index in [-0.39, 0.29) is 4.90 Å². The van der Waals surface area contributed by atoms with E-state index in [2.05, 4.69) is 9.97 Å². The van der Waals surface area contributed by atoms with E-state index in [1.807, 2.05) is 0 Å². The standard InChI is InChI=1S/C22H20N2O4S/c1-14-4-6-17(12-23-14)21(25)20(22(26)18-7-5-15(2)24-13-18)16-8-10-19(11-9-16)29(3,27)28/h4-13,20H,1-3H3. The number of Topliss-reactive ketones (excluding diaryl/α,β-unsaturated/α-hetero) is 2. The molecule has 0 aliphatic heterocycles. The van der Waals surface area contributed by atoms with Crippen molar-refractivity contribution in [1.29, 1.82) is 0 Å². The van der Waals surface area contributed by atoms with Crippen LogP contribution >= 0.6 is 0 Å². The molecule has 0 radical (unpaired) electrons. The quantitative estimate of drug-likeness (QED) is 0.459. The van der Waals surface area contributed by atoms with E-state index in [0.29, 0.717) is 16.7 Å². The summed E-state index contributed by atoms with van der Waals surface area (Å²) in [4.78, 5) is 34.8. The first-order valence-electron chi connectivity index (χ1n) is 8.90. The van der Waals surface area contributed by atoms with E-state index in [9.17, 15) is 18.0 Å².